The Morgan fingerprint density at radius 2 is 0.870 bits per heavy atom. The first-order valence-electron chi connectivity index (χ1n) is 35.6. The van der Waals surface area contributed by atoms with Gasteiger partial charge in [-0.3, -0.25) is 52.7 Å². The van der Waals surface area contributed by atoms with Gasteiger partial charge in [0.25, 0.3) is 23.6 Å². The number of unbranched alkanes of at least 4 members (excludes halogenated alkanes) is 1. The summed E-state index contributed by atoms with van der Waals surface area (Å²) in [6, 6.07) is 14.4. The first-order valence-corrected chi connectivity index (χ1v) is 36.6. The minimum absolute atomic E-state index is 0.00660. The van der Waals surface area contributed by atoms with E-state index < -0.39 is 17.7 Å². The molecular weight excluding hydrogens is 1430 g/mol. The first-order chi connectivity index (χ1) is 51.5. The highest BCUT2D eigenvalue weighted by atomic mass is 35.5. The molecule has 0 radical (unpaired) electrons. The predicted molar refractivity (Wildman–Crippen MR) is 410 cm³/mol. The smallest absolute Gasteiger partial charge is 0.291 e. The maximum atomic E-state index is 13.7. The Bertz CT molecular complexity index is 4800. The van der Waals surface area contributed by atoms with Crippen LogP contribution in [0.3, 0.4) is 0 Å². The average Bonchev–Trinajstić information content (AvgIpc) is 1.23. The zero-order chi connectivity index (χ0) is 78.0. The van der Waals surface area contributed by atoms with E-state index in [0.717, 1.165) is 30.6 Å². The number of imidazole rings is 4. The Hall–Kier alpha value is -11.1. The van der Waals surface area contributed by atoms with Crippen LogP contribution in [-0.4, -0.2) is 178 Å². The van der Waals surface area contributed by atoms with Crippen LogP contribution >= 0.6 is 23.2 Å². The summed E-state index contributed by atoms with van der Waals surface area (Å²) in [6.45, 7) is 2.73. The summed E-state index contributed by atoms with van der Waals surface area (Å²) < 4.78 is 12.4. The summed E-state index contributed by atoms with van der Waals surface area (Å²) in [5, 5.41) is 13.9. The summed E-state index contributed by atoms with van der Waals surface area (Å²) in [4.78, 5) is 168. The highest BCUT2D eigenvalue weighted by Gasteiger charge is 2.26. The van der Waals surface area contributed by atoms with Crippen molar-refractivity contribution in [2.75, 3.05) is 78.2 Å². The molecule has 0 aliphatic carbocycles. The molecule has 1 aromatic carbocycles. The van der Waals surface area contributed by atoms with Crippen molar-refractivity contribution in [1.29, 1.82) is 0 Å². The zero-order valence-electron chi connectivity index (χ0n) is 62.6. The maximum Gasteiger partial charge on any atom is 0.291 e. The van der Waals surface area contributed by atoms with Crippen LogP contribution in [0.4, 0.5) is 28.6 Å². The lowest BCUT2D eigenvalue weighted by molar-refractivity contribution is -0.120. The molecule has 0 unspecified atom stereocenters. The molecule has 108 heavy (non-hydrogen) atoms. The van der Waals surface area contributed by atoms with Gasteiger partial charge in [-0.2, -0.15) is 0 Å². The second kappa shape index (κ2) is 37.4. The van der Waals surface area contributed by atoms with E-state index >= 15 is 0 Å². The number of nitrogens with one attached hydrogen (secondary N) is 5. The number of aryl methyl sites for hydroxylation is 9. The van der Waals surface area contributed by atoms with E-state index in [2.05, 4.69) is 63.6 Å². The number of hydrogen-bond acceptors (Lipinski definition) is 17. The fourth-order valence-corrected chi connectivity index (χ4v) is 13.1. The number of nitrogens with zero attached hydrogens (tertiary/aromatic N) is 14. The highest BCUT2D eigenvalue weighted by molar-refractivity contribution is 6.18. The molecule has 0 atom stereocenters. The van der Waals surface area contributed by atoms with Crippen LogP contribution < -0.4 is 31.5 Å². The predicted octanol–water partition coefficient (Wildman–Crippen LogP) is 8.23. The van der Waals surface area contributed by atoms with Crippen molar-refractivity contribution in [3.63, 3.8) is 0 Å². The number of carbonyl (C=O) groups is 11. The largest absolute Gasteiger partial charge is 0.369 e. The molecule has 5 amide bonds. The second-order valence-electron chi connectivity index (χ2n) is 27.3. The summed E-state index contributed by atoms with van der Waals surface area (Å²) in [5.74, 6) is -2.01. The number of Topliss-reactive ketones (excluding diaryl/α,β-unsaturated/α-hetero) is 6. The summed E-state index contributed by atoms with van der Waals surface area (Å²) in [7, 11) is 17.1. The molecule has 0 spiro atoms. The van der Waals surface area contributed by atoms with Gasteiger partial charge in [0.05, 0.1) is 59.1 Å². The van der Waals surface area contributed by atoms with Crippen molar-refractivity contribution in [1.82, 2.24) is 66.7 Å². The van der Waals surface area contributed by atoms with Crippen LogP contribution in [-0.2, 0) is 103 Å². The van der Waals surface area contributed by atoms with E-state index in [1.165, 1.54) is 36.6 Å². The van der Waals surface area contributed by atoms with Gasteiger partial charge in [-0.25, -0.2) is 19.9 Å². The lowest BCUT2D eigenvalue weighted by atomic mass is 10.0. The summed E-state index contributed by atoms with van der Waals surface area (Å²) >= 11 is 11.9. The Labute approximate surface area is 635 Å². The molecule has 8 heterocycles. The number of alkyl halides is 2. The monoisotopic (exact) mass is 1520 g/mol. The summed E-state index contributed by atoms with van der Waals surface area (Å²) in [5.41, 5.74) is 6.02. The van der Waals surface area contributed by atoms with Crippen molar-refractivity contribution >= 4 is 116 Å². The maximum absolute atomic E-state index is 13.7. The van der Waals surface area contributed by atoms with E-state index in [-0.39, 0.29) is 132 Å². The number of amides is 5. The molecule has 0 saturated carbocycles. The quantitative estimate of drug-likeness (QED) is 0.0137. The Morgan fingerprint density at radius 1 is 0.389 bits per heavy atom. The third kappa shape index (κ3) is 22.0. The number of halogens is 2. The minimum atomic E-state index is -0.571. The van der Waals surface area contributed by atoms with Gasteiger partial charge >= 0.3 is 0 Å². The molecule has 0 aliphatic heterocycles. The van der Waals surface area contributed by atoms with Crippen LogP contribution in [0.15, 0.2) is 98.1 Å². The molecule has 0 saturated heterocycles. The number of anilines is 5. The minimum Gasteiger partial charge on any atom is -0.369 e. The van der Waals surface area contributed by atoms with Gasteiger partial charge in [-0.15, -0.1) is 23.2 Å². The lowest BCUT2D eigenvalue weighted by Gasteiger charge is -2.23. The Morgan fingerprint density at radius 3 is 1.45 bits per heavy atom. The average molecular weight is 1520 g/mol. The van der Waals surface area contributed by atoms with Crippen molar-refractivity contribution in [3.8, 4) is 0 Å². The van der Waals surface area contributed by atoms with Gasteiger partial charge in [0.2, 0.25) is 23.3 Å². The van der Waals surface area contributed by atoms with E-state index in [0.29, 0.717) is 121 Å². The van der Waals surface area contributed by atoms with Gasteiger partial charge in [0, 0.05) is 182 Å². The molecule has 0 bridgehead atoms. The fourth-order valence-electron chi connectivity index (χ4n) is 12.7. The standard InChI is InChI=1S/C76H93Cl2N19O11/c1-88(2)29-15-28-79-73(105)60-36-53(43-90(60)4)85-76(108)72-86-67(47-96(72)10)87-75(107)62-37-52(42-92(62)6)84-74(106)61-35-51(41-91(61)5)80-68(104)21-12-11-20-63(100)69-82-55(46-93(69)7)39-66(103)71-83-54(45-95(71)9)38-64(101)59-32-49(40-89(59)3)33-65(102)70-81-50(44-94(70)8)34-58(99)19-14-18-57(98)17-13-16-48-22-24-56(25-23-48)97(30-26-77)31-27-78/h22-25,32,35-37,40-47H,11-21,26-31,33-34,38-39H2,1-10H3,(H,79,105)(H,80,104)(H,84,106)(H,85,108)(H,87,107). The number of ketones is 6. The van der Waals surface area contributed by atoms with Crippen molar-refractivity contribution < 1.29 is 52.7 Å². The highest BCUT2D eigenvalue weighted by Crippen LogP contribution is 2.24. The normalized spacial score (nSPS) is 11.3. The zero-order valence-corrected chi connectivity index (χ0v) is 64.1. The van der Waals surface area contributed by atoms with Crippen LogP contribution in [0.25, 0.3) is 0 Å². The van der Waals surface area contributed by atoms with Crippen LogP contribution in [0.5, 0.6) is 0 Å². The number of aromatic nitrogens is 12. The van der Waals surface area contributed by atoms with Crippen molar-refractivity contribution in [2.24, 2.45) is 56.4 Å². The van der Waals surface area contributed by atoms with Gasteiger partial charge in [-0.05, 0) is 107 Å². The molecule has 0 fully saturated rings. The third-order valence-corrected chi connectivity index (χ3v) is 18.4. The van der Waals surface area contributed by atoms with E-state index in [1.807, 2.05) is 31.1 Å². The summed E-state index contributed by atoms with van der Waals surface area (Å²) in [6.07, 6.45) is 16.9. The second-order valence-corrected chi connectivity index (χ2v) is 28.1. The van der Waals surface area contributed by atoms with Gasteiger partial charge in [-0.1, -0.05) is 12.1 Å². The number of carbonyl (C=O) groups excluding carboxylic acids is 11. The van der Waals surface area contributed by atoms with E-state index in [4.69, 9.17) is 23.2 Å². The molecule has 9 aromatic rings. The van der Waals surface area contributed by atoms with Crippen LogP contribution in [0.1, 0.15) is 177 Å². The van der Waals surface area contributed by atoms with Gasteiger partial charge in [0.1, 0.15) is 28.6 Å². The number of benzene rings is 1. The van der Waals surface area contributed by atoms with Gasteiger partial charge in [0.15, 0.2) is 34.9 Å². The third-order valence-electron chi connectivity index (χ3n) is 18.1. The van der Waals surface area contributed by atoms with Gasteiger partial charge < -0.3 is 72.9 Å². The molecule has 5 N–H and O–H groups in total. The molecule has 0 aliphatic rings. The topological polar surface area (TPSA) is 345 Å². The molecule has 9 rings (SSSR count). The van der Waals surface area contributed by atoms with E-state index in [9.17, 15) is 52.7 Å². The van der Waals surface area contributed by atoms with Crippen molar-refractivity contribution in [2.45, 2.75) is 96.3 Å². The van der Waals surface area contributed by atoms with Crippen LogP contribution in [0, 0.1) is 0 Å². The molecule has 572 valence electrons. The van der Waals surface area contributed by atoms with Crippen molar-refractivity contribution in [3.05, 3.63) is 172 Å². The SMILES string of the molecule is CN(C)CCCNC(=O)c1cc(NC(=O)c2nc(NC(=O)c3cc(NC(=O)c4cc(NC(=O)CCCCC(=O)c5nc(CC(=O)c6nc(CC(=O)c7cc(CC(=O)c8nc(CC(=O)CCCC(=O)CCCc9ccc(N(CCCl)CCCl)cc9)cn8C)cn7C)cn6C)cn5C)cn4C)cn3C)cn2C)cn1C. The fraction of sp³-hybridized carbons (Fsp3) is 0.408. The van der Waals surface area contributed by atoms with Crippen LogP contribution in [0.2, 0.25) is 0 Å². The lowest BCUT2D eigenvalue weighted by Crippen LogP contribution is -2.28. The Balaban J connectivity index is 0.663. The first kappa shape index (κ1) is 81.0. The van der Waals surface area contributed by atoms with E-state index in [1.54, 1.807) is 130 Å². The molecule has 8 aromatic heterocycles. The molecule has 32 heteroatoms. The number of hydrogen-bond donors (Lipinski definition) is 5. The molecule has 30 nitrogen and oxygen atoms in total. The molecular formula is C76H93Cl2N19O11. The number of rotatable bonds is 42. The Kier molecular flexibility index (Phi) is 28.1.